The van der Waals surface area contributed by atoms with Gasteiger partial charge in [-0.3, -0.25) is 4.79 Å². The van der Waals surface area contributed by atoms with Gasteiger partial charge >= 0.3 is 0 Å². The normalized spacial score (nSPS) is 10.7. The number of rotatable bonds is 7. The molecule has 0 aliphatic heterocycles. The third kappa shape index (κ3) is 5.70. The van der Waals surface area contributed by atoms with Crippen LogP contribution in [0.25, 0.3) is 0 Å². The lowest BCUT2D eigenvalue weighted by Crippen LogP contribution is -2.19. The first-order chi connectivity index (χ1) is 12.0. The summed E-state index contributed by atoms with van der Waals surface area (Å²) in [6.07, 6.45) is 1.66. The Morgan fingerprint density at radius 3 is 2.68 bits per heavy atom. The summed E-state index contributed by atoms with van der Waals surface area (Å²) >= 11 is 2.16. The van der Waals surface area contributed by atoms with Gasteiger partial charge in [-0.1, -0.05) is 12.1 Å². The van der Waals surface area contributed by atoms with E-state index in [0.29, 0.717) is 23.7 Å². The number of amides is 1. The summed E-state index contributed by atoms with van der Waals surface area (Å²) in [6, 6.07) is 9.43. The van der Waals surface area contributed by atoms with E-state index in [1.54, 1.807) is 25.3 Å². The third-order valence-electron chi connectivity index (χ3n) is 3.22. The van der Waals surface area contributed by atoms with E-state index >= 15 is 0 Å². The van der Waals surface area contributed by atoms with Crippen LogP contribution in [-0.2, 0) is 11.2 Å². The van der Waals surface area contributed by atoms with E-state index in [1.807, 2.05) is 13.0 Å². The number of nitrogens with zero attached hydrogens (tertiary/aromatic N) is 1. The van der Waals surface area contributed by atoms with E-state index in [9.17, 15) is 9.18 Å². The summed E-state index contributed by atoms with van der Waals surface area (Å²) in [4.78, 5) is 11.9. The molecule has 0 aliphatic carbocycles. The van der Waals surface area contributed by atoms with Crippen molar-refractivity contribution in [1.82, 2.24) is 5.43 Å². The Morgan fingerprint density at radius 2 is 2.04 bits per heavy atom. The van der Waals surface area contributed by atoms with Crippen LogP contribution < -0.4 is 14.9 Å². The van der Waals surface area contributed by atoms with Crippen LogP contribution in [0.5, 0.6) is 11.5 Å². The van der Waals surface area contributed by atoms with Gasteiger partial charge in [0.2, 0.25) is 5.91 Å². The molecule has 2 aromatic carbocycles. The van der Waals surface area contributed by atoms with Crippen LogP contribution in [0.15, 0.2) is 41.5 Å². The zero-order valence-electron chi connectivity index (χ0n) is 13.9. The van der Waals surface area contributed by atoms with Crippen molar-refractivity contribution in [2.75, 3.05) is 13.7 Å². The maximum atomic E-state index is 12.8. The lowest BCUT2D eigenvalue weighted by molar-refractivity contribution is -0.120. The molecule has 1 amide bonds. The predicted molar refractivity (Wildman–Crippen MR) is 103 cm³/mol. The second kappa shape index (κ2) is 9.36. The van der Waals surface area contributed by atoms with Gasteiger partial charge < -0.3 is 9.47 Å². The fraction of sp³-hybridized carbons (Fsp3) is 0.222. The van der Waals surface area contributed by atoms with E-state index < -0.39 is 0 Å². The molecule has 25 heavy (non-hydrogen) atoms. The summed E-state index contributed by atoms with van der Waals surface area (Å²) in [7, 11) is 1.57. The Bertz CT molecular complexity index is 764. The van der Waals surface area contributed by atoms with Gasteiger partial charge in [-0.25, -0.2) is 9.82 Å². The summed E-state index contributed by atoms with van der Waals surface area (Å²) in [6.45, 7) is 2.45. The second-order valence-electron chi connectivity index (χ2n) is 5.06. The fourth-order valence-corrected chi connectivity index (χ4v) is 2.89. The number of nitrogens with one attached hydrogen (secondary N) is 1. The molecule has 2 aromatic rings. The summed E-state index contributed by atoms with van der Waals surface area (Å²) in [5, 5.41) is 3.95. The van der Waals surface area contributed by atoms with Crippen LogP contribution in [0.3, 0.4) is 0 Å². The standard InChI is InChI=1S/C18H18FIN2O3/c1-3-25-18-15(20)8-13(9-16(18)24-2)11-21-22-17(23)10-12-4-6-14(19)7-5-12/h4-9,11H,3,10H2,1-2H3,(H,22,23)/b21-11-. The monoisotopic (exact) mass is 456 g/mol. The Kier molecular flexibility index (Phi) is 7.17. The number of halogens is 2. The van der Waals surface area contributed by atoms with Crippen molar-refractivity contribution in [1.29, 1.82) is 0 Å². The number of carbonyl (C=O) groups is 1. The molecule has 0 bridgehead atoms. The predicted octanol–water partition coefficient (Wildman–Crippen LogP) is 3.53. The molecule has 132 valence electrons. The van der Waals surface area contributed by atoms with Crippen molar-refractivity contribution in [3.05, 3.63) is 56.9 Å². The molecule has 1 N–H and O–H groups in total. The molecule has 0 atom stereocenters. The molecule has 0 radical (unpaired) electrons. The summed E-state index contributed by atoms with van der Waals surface area (Å²) in [5.74, 6) is 0.674. The Balaban J connectivity index is 2.00. The number of carbonyl (C=O) groups excluding carboxylic acids is 1. The van der Waals surface area contributed by atoms with Gasteiger partial charge in [-0.05, 0) is 64.9 Å². The first kappa shape index (κ1) is 19.2. The van der Waals surface area contributed by atoms with Crippen molar-refractivity contribution in [3.63, 3.8) is 0 Å². The molecule has 0 aromatic heterocycles. The van der Waals surface area contributed by atoms with Gasteiger partial charge in [0.15, 0.2) is 11.5 Å². The molecule has 0 saturated carbocycles. The first-order valence-corrected chi connectivity index (χ1v) is 8.68. The molecule has 0 fully saturated rings. The largest absolute Gasteiger partial charge is 0.493 e. The number of benzene rings is 2. The average molecular weight is 456 g/mol. The highest BCUT2D eigenvalue weighted by molar-refractivity contribution is 14.1. The Labute approximate surface area is 159 Å². The highest BCUT2D eigenvalue weighted by Crippen LogP contribution is 2.33. The lowest BCUT2D eigenvalue weighted by Gasteiger charge is -2.12. The van der Waals surface area contributed by atoms with Crippen LogP contribution in [-0.4, -0.2) is 25.8 Å². The highest BCUT2D eigenvalue weighted by atomic mass is 127. The minimum absolute atomic E-state index is 0.127. The molecule has 0 aliphatic rings. The smallest absolute Gasteiger partial charge is 0.244 e. The molecular weight excluding hydrogens is 438 g/mol. The molecular formula is C18H18FIN2O3. The SMILES string of the molecule is CCOc1c(I)cc(/C=N\NC(=O)Cc2ccc(F)cc2)cc1OC. The fourth-order valence-electron chi connectivity index (χ4n) is 2.10. The minimum Gasteiger partial charge on any atom is -0.493 e. The van der Waals surface area contributed by atoms with Crippen molar-refractivity contribution in [3.8, 4) is 11.5 Å². The second-order valence-corrected chi connectivity index (χ2v) is 6.23. The van der Waals surface area contributed by atoms with Gasteiger partial charge in [-0.15, -0.1) is 0 Å². The van der Waals surface area contributed by atoms with Gasteiger partial charge in [0, 0.05) is 0 Å². The maximum absolute atomic E-state index is 12.8. The van der Waals surface area contributed by atoms with E-state index in [2.05, 4.69) is 33.1 Å². The Hall–Kier alpha value is -2.16. The van der Waals surface area contributed by atoms with Crippen molar-refractivity contribution in [2.24, 2.45) is 5.10 Å². The van der Waals surface area contributed by atoms with Crippen LogP contribution in [0.1, 0.15) is 18.1 Å². The topological polar surface area (TPSA) is 59.9 Å². The number of hydrazone groups is 1. The van der Waals surface area contributed by atoms with E-state index in [-0.39, 0.29) is 18.1 Å². The quantitative estimate of drug-likeness (QED) is 0.394. The van der Waals surface area contributed by atoms with E-state index in [0.717, 1.165) is 9.13 Å². The molecule has 5 nitrogen and oxygen atoms in total. The molecule has 0 unspecified atom stereocenters. The first-order valence-electron chi connectivity index (χ1n) is 7.60. The van der Waals surface area contributed by atoms with Crippen molar-refractivity contribution in [2.45, 2.75) is 13.3 Å². The zero-order chi connectivity index (χ0) is 18.2. The number of ether oxygens (including phenoxy) is 2. The minimum atomic E-state index is -0.332. The van der Waals surface area contributed by atoms with Crippen LogP contribution in [0, 0.1) is 9.39 Å². The van der Waals surface area contributed by atoms with Gasteiger partial charge in [-0.2, -0.15) is 5.10 Å². The van der Waals surface area contributed by atoms with Crippen molar-refractivity contribution >= 4 is 34.7 Å². The molecule has 0 saturated heterocycles. The number of methoxy groups -OCH3 is 1. The number of hydrogen-bond acceptors (Lipinski definition) is 4. The molecule has 7 heteroatoms. The lowest BCUT2D eigenvalue weighted by atomic mass is 10.1. The third-order valence-corrected chi connectivity index (χ3v) is 4.02. The van der Waals surface area contributed by atoms with Crippen LogP contribution in [0.4, 0.5) is 4.39 Å². The summed E-state index contributed by atoms with van der Waals surface area (Å²) < 4.78 is 24.6. The van der Waals surface area contributed by atoms with Gasteiger partial charge in [0.05, 0.1) is 29.9 Å². The molecule has 2 rings (SSSR count). The molecule has 0 heterocycles. The van der Waals surface area contributed by atoms with E-state index in [1.165, 1.54) is 18.3 Å². The van der Waals surface area contributed by atoms with Gasteiger partial charge in [0.1, 0.15) is 5.82 Å². The average Bonchev–Trinajstić information content (AvgIpc) is 2.59. The molecule has 0 spiro atoms. The van der Waals surface area contributed by atoms with Crippen molar-refractivity contribution < 1.29 is 18.7 Å². The van der Waals surface area contributed by atoms with Gasteiger partial charge in [0.25, 0.3) is 0 Å². The highest BCUT2D eigenvalue weighted by Gasteiger charge is 2.10. The Morgan fingerprint density at radius 1 is 1.32 bits per heavy atom. The van der Waals surface area contributed by atoms with E-state index in [4.69, 9.17) is 9.47 Å². The zero-order valence-corrected chi connectivity index (χ0v) is 16.0. The van der Waals surface area contributed by atoms with Crippen LogP contribution in [0.2, 0.25) is 0 Å². The maximum Gasteiger partial charge on any atom is 0.244 e. The summed E-state index contributed by atoms with van der Waals surface area (Å²) in [5.41, 5.74) is 3.94. The number of hydrogen-bond donors (Lipinski definition) is 1. The van der Waals surface area contributed by atoms with Crippen LogP contribution >= 0.6 is 22.6 Å².